The van der Waals surface area contributed by atoms with Crippen molar-refractivity contribution in [1.29, 1.82) is 0 Å². The molecule has 1 aromatic heterocycles. The maximum absolute atomic E-state index is 13.2. The smallest absolute Gasteiger partial charge is 0.376 e. The van der Waals surface area contributed by atoms with Crippen LogP contribution in [0.4, 0.5) is 10.1 Å². The molecule has 1 amide bonds. The minimum Gasteiger partial charge on any atom is -0.460 e. The summed E-state index contributed by atoms with van der Waals surface area (Å²) in [5.74, 6) is -2.04. The van der Waals surface area contributed by atoms with Crippen molar-refractivity contribution in [3.05, 3.63) is 60.1 Å². The molecule has 10 heteroatoms. The van der Waals surface area contributed by atoms with E-state index in [9.17, 15) is 22.4 Å². The number of anilines is 1. The molecule has 1 aliphatic rings. The summed E-state index contributed by atoms with van der Waals surface area (Å²) in [6.07, 6.45) is 0.784. The molecule has 2 aromatic carbocycles. The number of fused-ring (bicyclic) bond motifs is 1. The number of hydrogen-bond donors (Lipinski definition) is 1. The Bertz CT molecular complexity index is 1270. The van der Waals surface area contributed by atoms with E-state index < -0.39 is 33.8 Å². The highest BCUT2D eigenvalue weighted by Gasteiger charge is 2.40. The Morgan fingerprint density at radius 3 is 2.62 bits per heavy atom. The van der Waals surface area contributed by atoms with Gasteiger partial charge in [0.15, 0.2) is 0 Å². The zero-order valence-corrected chi connectivity index (χ0v) is 18.0. The number of para-hydroxylation sites is 1. The van der Waals surface area contributed by atoms with Gasteiger partial charge >= 0.3 is 5.97 Å². The molecule has 0 aliphatic carbocycles. The fourth-order valence-electron chi connectivity index (χ4n) is 3.75. The highest BCUT2D eigenvalue weighted by molar-refractivity contribution is 7.89. The number of halogens is 1. The summed E-state index contributed by atoms with van der Waals surface area (Å²) < 4.78 is 51.1. The second-order valence-electron chi connectivity index (χ2n) is 7.24. The van der Waals surface area contributed by atoms with Crippen molar-refractivity contribution >= 4 is 38.6 Å². The standard InChI is InChI=1S/C22H21FN2O6S/c1-2-30-22(27)20-19(16-6-3-4-8-18(16)31-20)24-21(26)17-7-5-13-25(17)32(28,29)15-11-9-14(23)10-12-15/h3-4,6,8-12,17H,2,5,7,13H2,1H3,(H,24,26). The minimum absolute atomic E-state index is 0.0976. The lowest BCUT2D eigenvalue weighted by atomic mass is 10.2. The Balaban J connectivity index is 1.65. The molecule has 0 bridgehead atoms. The number of benzene rings is 2. The summed E-state index contributed by atoms with van der Waals surface area (Å²) >= 11 is 0. The topological polar surface area (TPSA) is 106 Å². The second-order valence-corrected chi connectivity index (χ2v) is 9.13. The van der Waals surface area contributed by atoms with Gasteiger partial charge in [-0.1, -0.05) is 12.1 Å². The zero-order valence-electron chi connectivity index (χ0n) is 17.2. The van der Waals surface area contributed by atoms with E-state index in [0.717, 1.165) is 16.4 Å². The van der Waals surface area contributed by atoms with Gasteiger partial charge in [-0.3, -0.25) is 4.79 Å². The summed E-state index contributed by atoms with van der Waals surface area (Å²) in [6.45, 7) is 1.92. The van der Waals surface area contributed by atoms with Crippen LogP contribution in [0.1, 0.15) is 30.3 Å². The van der Waals surface area contributed by atoms with Gasteiger partial charge in [-0.05, 0) is 56.2 Å². The molecule has 8 nitrogen and oxygen atoms in total. The van der Waals surface area contributed by atoms with Crippen LogP contribution in [-0.2, 0) is 19.6 Å². The summed E-state index contributed by atoms with van der Waals surface area (Å²) in [6, 6.07) is 10.2. The van der Waals surface area contributed by atoms with E-state index in [1.54, 1.807) is 31.2 Å². The van der Waals surface area contributed by atoms with Crippen LogP contribution in [0.15, 0.2) is 57.8 Å². The number of sulfonamides is 1. The quantitative estimate of drug-likeness (QED) is 0.564. The van der Waals surface area contributed by atoms with Crippen molar-refractivity contribution < 1.29 is 31.6 Å². The van der Waals surface area contributed by atoms with Gasteiger partial charge in [-0.15, -0.1) is 0 Å². The molecule has 1 N–H and O–H groups in total. The minimum atomic E-state index is -4.02. The Morgan fingerprint density at radius 1 is 1.19 bits per heavy atom. The molecule has 32 heavy (non-hydrogen) atoms. The Hall–Kier alpha value is -3.24. The van der Waals surface area contributed by atoms with Crippen molar-refractivity contribution in [2.45, 2.75) is 30.7 Å². The maximum Gasteiger partial charge on any atom is 0.376 e. The van der Waals surface area contributed by atoms with Crippen LogP contribution >= 0.6 is 0 Å². The monoisotopic (exact) mass is 460 g/mol. The molecule has 1 atom stereocenters. The lowest BCUT2D eigenvalue weighted by Gasteiger charge is -2.23. The van der Waals surface area contributed by atoms with E-state index in [-0.39, 0.29) is 29.5 Å². The fraction of sp³-hybridized carbons (Fsp3) is 0.273. The maximum atomic E-state index is 13.2. The first-order chi connectivity index (χ1) is 15.3. The SMILES string of the molecule is CCOC(=O)c1oc2ccccc2c1NC(=O)C1CCCN1S(=O)(=O)c1ccc(F)cc1. The van der Waals surface area contributed by atoms with Crippen LogP contribution in [-0.4, -0.2) is 43.8 Å². The van der Waals surface area contributed by atoms with Crippen LogP contribution in [0, 0.1) is 5.82 Å². The first-order valence-corrected chi connectivity index (χ1v) is 11.5. The van der Waals surface area contributed by atoms with Crippen LogP contribution in [0.2, 0.25) is 0 Å². The molecule has 3 aromatic rings. The molecule has 1 unspecified atom stereocenters. The number of ether oxygens (including phenoxy) is 1. The molecule has 0 radical (unpaired) electrons. The van der Waals surface area contributed by atoms with E-state index in [1.807, 2.05) is 0 Å². The summed E-state index contributed by atoms with van der Waals surface area (Å²) in [5.41, 5.74) is 0.517. The average molecular weight is 460 g/mol. The number of carbonyl (C=O) groups is 2. The molecule has 168 valence electrons. The predicted molar refractivity (Wildman–Crippen MR) is 114 cm³/mol. The van der Waals surface area contributed by atoms with E-state index in [1.165, 1.54) is 12.1 Å². The number of carbonyl (C=O) groups excluding carboxylic acids is 2. The molecule has 0 saturated carbocycles. The fourth-order valence-corrected chi connectivity index (χ4v) is 5.40. The van der Waals surface area contributed by atoms with Crippen molar-refractivity contribution in [3.8, 4) is 0 Å². The number of nitrogens with zero attached hydrogens (tertiary/aromatic N) is 1. The molecule has 1 fully saturated rings. The van der Waals surface area contributed by atoms with E-state index in [4.69, 9.17) is 9.15 Å². The molecule has 1 aliphatic heterocycles. The van der Waals surface area contributed by atoms with Crippen molar-refractivity contribution in [1.82, 2.24) is 4.31 Å². The van der Waals surface area contributed by atoms with Crippen molar-refractivity contribution in [2.24, 2.45) is 0 Å². The number of hydrogen-bond acceptors (Lipinski definition) is 6. The predicted octanol–water partition coefficient (Wildman–Crippen LogP) is 3.54. The molecule has 0 spiro atoms. The van der Waals surface area contributed by atoms with Crippen molar-refractivity contribution in [3.63, 3.8) is 0 Å². The van der Waals surface area contributed by atoms with Gasteiger partial charge < -0.3 is 14.5 Å². The molecule has 4 rings (SSSR count). The van der Waals surface area contributed by atoms with Crippen LogP contribution in [0.5, 0.6) is 0 Å². The zero-order chi connectivity index (χ0) is 22.9. The van der Waals surface area contributed by atoms with E-state index in [2.05, 4.69) is 5.32 Å². The summed E-state index contributed by atoms with van der Waals surface area (Å²) in [4.78, 5) is 25.4. The number of esters is 1. The number of nitrogens with one attached hydrogen (secondary N) is 1. The normalized spacial score (nSPS) is 16.9. The van der Waals surface area contributed by atoms with Gasteiger partial charge in [0.1, 0.15) is 23.1 Å². The molecular weight excluding hydrogens is 439 g/mol. The van der Waals surface area contributed by atoms with Gasteiger partial charge in [-0.2, -0.15) is 4.31 Å². The van der Waals surface area contributed by atoms with Gasteiger partial charge in [0.05, 0.1) is 11.5 Å². The van der Waals surface area contributed by atoms with Crippen LogP contribution in [0.25, 0.3) is 11.0 Å². The van der Waals surface area contributed by atoms with Crippen LogP contribution in [0.3, 0.4) is 0 Å². The Morgan fingerprint density at radius 2 is 1.91 bits per heavy atom. The average Bonchev–Trinajstić information content (AvgIpc) is 3.40. The third-order valence-corrected chi connectivity index (χ3v) is 7.15. The van der Waals surface area contributed by atoms with Crippen LogP contribution < -0.4 is 5.32 Å². The largest absolute Gasteiger partial charge is 0.460 e. The summed E-state index contributed by atoms with van der Waals surface area (Å²) in [5, 5.41) is 3.17. The summed E-state index contributed by atoms with van der Waals surface area (Å²) in [7, 11) is -4.02. The van der Waals surface area contributed by atoms with E-state index in [0.29, 0.717) is 23.8 Å². The first kappa shape index (κ1) is 22.0. The van der Waals surface area contributed by atoms with Gasteiger partial charge in [-0.25, -0.2) is 17.6 Å². The van der Waals surface area contributed by atoms with Gasteiger partial charge in [0.25, 0.3) is 0 Å². The number of furan rings is 1. The van der Waals surface area contributed by atoms with Gasteiger partial charge in [0.2, 0.25) is 21.7 Å². The third kappa shape index (κ3) is 3.98. The number of rotatable bonds is 6. The highest BCUT2D eigenvalue weighted by Crippen LogP contribution is 2.33. The second kappa shape index (κ2) is 8.71. The van der Waals surface area contributed by atoms with Gasteiger partial charge in [0, 0.05) is 11.9 Å². The number of amides is 1. The Labute approximate surface area is 184 Å². The lowest BCUT2D eigenvalue weighted by Crippen LogP contribution is -2.43. The third-order valence-electron chi connectivity index (χ3n) is 5.23. The lowest BCUT2D eigenvalue weighted by molar-refractivity contribution is -0.119. The highest BCUT2D eigenvalue weighted by atomic mass is 32.2. The molecular formula is C22H21FN2O6S. The molecule has 2 heterocycles. The molecule has 1 saturated heterocycles. The Kier molecular flexibility index (Phi) is 5.98. The van der Waals surface area contributed by atoms with E-state index >= 15 is 0 Å². The first-order valence-electron chi connectivity index (χ1n) is 10.1. The van der Waals surface area contributed by atoms with Crippen molar-refractivity contribution in [2.75, 3.05) is 18.5 Å².